The lowest BCUT2D eigenvalue weighted by Gasteiger charge is -2.33. The fraction of sp³-hybridized carbons (Fsp3) is 0.286. The molecule has 1 atom stereocenters. The number of amides is 2. The molecular weight excluding hydrogens is 567 g/mol. The highest BCUT2D eigenvalue weighted by molar-refractivity contribution is 7.92. The number of anilines is 1. The Bertz CT molecular complexity index is 1440. The van der Waals surface area contributed by atoms with Crippen LogP contribution in [0.3, 0.4) is 0 Å². The molecule has 0 aliphatic rings. The summed E-state index contributed by atoms with van der Waals surface area (Å²) in [5.41, 5.74) is -0.0640. The lowest BCUT2D eigenvalue weighted by molar-refractivity contribution is -0.140. The van der Waals surface area contributed by atoms with Gasteiger partial charge in [-0.25, -0.2) is 8.42 Å². The number of nitrogens with zero attached hydrogens (tertiary/aromatic N) is 2. The summed E-state index contributed by atoms with van der Waals surface area (Å²) in [5.74, 6) is -1.25. The molecule has 1 N–H and O–H groups in total. The average molecular weight is 596 g/mol. The Hall–Kier alpha value is -3.57. The van der Waals surface area contributed by atoms with E-state index in [-0.39, 0.29) is 25.2 Å². The second-order valence-corrected chi connectivity index (χ2v) is 11.4. The molecule has 0 bridgehead atoms. The Morgan fingerprint density at radius 2 is 1.60 bits per heavy atom. The molecule has 7 nitrogen and oxygen atoms in total. The van der Waals surface area contributed by atoms with Gasteiger partial charge in [-0.2, -0.15) is 13.2 Å². The number of carbonyl (C=O) groups excluding carboxylic acids is 2. The Morgan fingerprint density at radius 1 is 0.950 bits per heavy atom. The van der Waals surface area contributed by atoms with Crippen molar-refractivity contribution < 1.29 is 31.2 Å². The molecule has 2 amide bonds. The van der Waals surface area contributed by atoms with Crippen molar-refractivity contribution in [3.8, 4) is 0 Å². The van der Waals surface area contributed by atoms with E-state index in [0.717, 1.165) is 24.0 Å². The number of rotatable bonds is 11. The van der Waals surface area contributed by atoms with E-state index in [4.69, 9.17) is 11.6 Å². The highest BCUT2D eigenvalue weighted by Gasteiger charge is 2.34. The Labute approximate surface area is 236 Å². The fourth-order valence-electron chi connectivity index (χ4n) is 4.13. The molecule has 0 aliphatic carbocycles. The summed E-state index contributed by atoms with van der Waals surface area (Å²) in [4.78, 5) is 28.4. The van der Waals surface area contributed by atoms with Crippen molar-refractivity contribution in [3.05, 3.63) is 101 Å². The molecule has 0 radical (unpaired) electrons. The van der Waals surface area contributed by atoms with Crippen LogP contribution in [0.15, 0.2) is 78.9 Å². The van der Waals surface area contributed by atoms with Gasteiger partial charge in [0.1, 0.15) is 12.6 Å². The van der Waals surface area contributed by atoms with Gasteiger partial charge in [-0.3, -0.25) is 13.9 Å². The second-order valence-electron chi connectivity index (χ2n) is 9.07. The minimum atomic E-state index is -4.72. The minimum Gasteiger partial charge on any atom is -0.355 e. The number of carbonyl (C=O) groups is 2. The standard InChI is InChI=1S/C28H29ClF3N3O4S/c1-3-33-27(37)25(16-20-9-5-4-6-10-20)34(18-21-11-7-13-23(29)15-21)26(36)19-35(40(2,38)39)24-14-8-12-22(17-24)28(30,31)32/h4-15,17,25H,3,16,18-19H2,1-2H3,(H,33,37)/t25-/m0/s1. The molecule has 0 spiro atoms. The Balaban J connectivity index is 2.06. The first-order valence-corrected chi connectivity index (χ1v) is 14.5. The van der Waals surface area contributed by atoms with Gasteiger partial charge in [0, 0.05) is 24.5 Å². The van der Waals surface area contributed by atoms with Crippen molar-refractivity contribution in [2.45, 2.75) is 32.1 Å². The molecule has 0 fully saturated rings. The van der Waals surface area contributed by atoms with Crippen LogP contribution in [0.25, 0.3) is 0 Å². The van der Waals surface area contributed by atoms with E-state index in [0.29, 0.717) is 21.0 Å². The van der Waals surface area contributed by atoms with E-state index in [1.54, 1.807) is 61.5 Å². The van der Waals surface area contributed by atoms with Crippen LogP contribution in [-0.4, -0.2) is 50.5 Å². The number of halogens is 4. The maximum atomic E-state index is 13.9. The van der Waals surface area contributed by atoms with E-state index in [1.165, 1.54) is 11.0 Å². The summed E-state index contributed by atoms with van der Waals surface area (Å²) in [5, 5.41) is 3.11. The summed E-state index contributed by atoms with van der Waals surface area (Å²) in [6, 6.07) is 18.2. The maximum Gasteiger partial charge on any atom is 0.416 e. The summed E-state index contributed by atoms with van der Waals surface area (Å²) < 4.78 is 66.2. The number of nitrogens with one attached hydrogen (secondary N) is 1. The molecule has 12 heteroatoms. The monoisotopic (exact) mass is 595 g/mol. The number of sulfonamides is 1. The SMILES string of the molecule is CCNC(=O)[C@H](Cc1ccccc1)N(Cc1cccc(Cl)c1)C(=O)CN(c1cccc(C(F)(F)F)c1)S(C)(=O)=O. The molecule has 0 unspecified atom stereocenters. The van der Waals surface area contributed by atoms with Gasteiger partial charge < -0.3 is 10.2 Å². The van der Waals surface area contributed by atoms with Crippen molar-refractivity contribution >= 4 is 39.1 Å². The zero-order chi connectivity index (χ0) is 29.5. The smallest absolute Gasteiger partial charge is 0.355 e. The van der Waals surface area contributed by atoms with E-state index in [2.05, 4.69) is 5.32 Å². The van der Waals surface area contributed by atoms with Crippen molar-refractivity contribution in [3.63, 3.8) is 0 Å². The Kier molecular flexibility index (Phi) is 10.2. The molecule has 0 saturated carbocycles. The van der Waals surface area contributed by atoms with Gasteiger partial charge in [0.15, 0.2) is 0 Å². The number of alkyl halides is 3. The molecule has 3 rings (SSSR count). The van der Waals surface area contributed by atoms with Crippen molar-refractivity contribution in [1.29, 1.82) is 0 Å². The molecule has 40 heavy (non-hydrogen) atoms. The van der Waals surface area contributed by atoms with Crippen LogP contribution in [0.1, 0.15) is 23.6 Å². The van der Waals surface area contributed by atoms with Gasteiger partial charge in [-0.15, -0.1) is 0 Å². The molecule has 3 aromatic rings. The zero-order valence-electron chi connectivity index (χ0n) is 21.9. The van der Waals surface area contributed by atoms with E-state index >= 15 is 0 Å². The normalized spacial score (nSPS) is 12.4. The lowest BCUT2D eigenvalue weighted by atomic mass is 10.0. The first kappa shape index (κ1) is 31.0. The summed E-state index contributed by atoms with van der Waals surface area (Å²) in [6.45, 7) is 1.07. The molecule has 0 aliphatic heterocycles. The van der Waals surface area contributed by atoms with E-state index < -0.39 is 46.2 Å². The lowest BCUT2D eigenvalue weighted by Crippen LogP contribution is -2.53. The quantitative estimate of drug-likeness (QED) is 0.342. The van der Waals surface area contributed by atoms with Gasteiger partial charge in [0.05, 0.1) is 17.5 Å². The topological polar surface area (TPSA) is 86.8 Å². The molecule has 3 aromatic carbocycles. The van der Waals surface area contributed by atoms with Crippen molar-refractivity contribution in [1.82, 2.24) is 10.2 Å². The van der Waals surface area contributed by atoms with Crippen LogP contribution < -0.4 is 9.62 Å². The third kappa shape index (κ3) is 8.46. The molecular formula is C28H29ClF3N3O4S. The van der Waals surface area contributed by atoms with E-state index in [9.17, 15) is 31.2 Å². The highest BCUT2D eigenvalue weighted by Crippen LogP contribution is 2.32. The molecule has 0 saturated heterocycles. The molecule has 0 aromatic heterocycles. The third-order valence-corrected chi connectivity index (χ3v) is 7.38. The van der Waals surface area contributed by atoms with Crippen LogP contribution in [0.2, 0.25) is 5.02 Å². The number of hydrogen-bond acceptors (Lipinski definition) is 4. The van der Waals surface area contributed by atoms with Crippen LogP contribution in [-0.2, 0) is 38.8 Å². The first-order chi connectivity index (χ1) is 18.8. The second kappa shape index (κ2) is 13.2. The predicted octanol–water partition coefficient (Wildman–Crippen LogP) is 4.90. The fourth-order valence-corrected chi connectivity index (χ4v) is 5.18. The summed E-state index contributed by atoms with van der Waals surface area (Å²) >= 11 is 6.14. The van der Waals surface area contributed by atoms with Gasteiger partial charge in [0.25, 0.3) is 0 Å². The van der Waals surface area contributed by atoms with Crippen LogP contribution in [0.4, 0.5) is 18.9 Å². The van der Waals surface area contributed by atoms with Gasteiger partial charge in [0.2, 0.25) is 21.8 Å². The largest absolute Gasteiger partial charge is 0.416 e. The van der Waals surface area contributed by atoms with E-state index in [1.807, 2.05) is 0 Å². The molecule has 0 heterocycles. The molecule has 214 valence electrons. The van der Waals surface area contributed by atoms with Crippen LogP contribution in [0, 0.1) is 0 Å². The third-order valence-electron chi connectivity index (χ3n) is 6.00. The Morgan fingerprint density at radius 3 is 2.20 bits per heavy atom. The van der Waals surface area contributed by atoms with Crippen molar-refractivity contribution in [2.75, 3.05) is 23.7 Å². The summed E-state index contributed by atoms with van der Waals surface area (Å²) in [6.07, 6.45) is -3.81. The van der Waals surface area contributed by atoms with Crippen molar-refractivity contribution in [2.24, 2.45) is 0 Å². The maximum absolute atomic E-state index is 13.9. The minimum absolute atomic E-state index is 0.103. The van der Waals surface area contributed by atoms with Gasteiger partial charge in [-0.1, -0.05) is 60.1 Å². The van der Waals surface area contributed by atoms with Gasteiger partial charge >= 0.3 is 6.18 Å². The number of likely N-dealkylation sites (N-methyl/N-ethyl adjacent to an activating group) is 1. The number of hydrogen-bond donors (Lipinski definition) is 1. The van der Waals surface area contributed by atoms with Crippen LogP contribution >= 0.6 is 11.6 Å². The number of benzene rings is 3. The van der Waals surface area contributed by atoms with Gasteiger partial charge in [-0.05, 0) is 48.4 Å². The summed E-state index contributed by atoms with van der Waals surface area (Å²) in [7, 11) is -4.21. The average Bonchev–Trinajstić information content (AvgIpc) is 2.89. The predicted molar refractivity (Wildman–Crippen MR) is 148 cm³/mol. The first-order valence-electron chi connectivity index (χ1n) is 12.3. The highest BCUT2D eigenvalue weighted by atomic mass is 35.5. The zero-order valence-corrected chi connectivity index (χ0v) is 23.4. The van der Waals surface area contributed by atoms with Crippen LogP contribution in [0.5, 0.6) is 0 Å².